The minimum Gasteiger partial charge on any atom is -0.480 e. The van der Waals surface area contributed by atoms with E-state index in [9.17, 15) is 4.79 Å². The van der Waals surface area contributed by atoms with E-state index in [1.54, 1.807) is 17.8 Å². The van der Waals surface area contributed by atoms with Crippen molar-refractivity contribution in [2.45, 2.75) is 17.8 Å². The van der Waals surface area contributed by atoms with Crippen LogP contribution in [0.1, 0.15) is 17.4 Å². The molecule has 2 N–H and O–H groups in total. The van der Waals surface area contributed by atoms with Gasteiger partial charge in [0, 0.05) is 0 Å². The highest BCUT2D eigenvalue weighted by atomic mass is 35.5. The van der Waals surface area contributed by atoms with Gasteiger partial charge in [-0.15, -0.1) is 11.8 Å². The lowest BCUT2D eigenvalue weighted by atomic mass is 10.1. The Morgan fingerprint density at radius 2 is 2.24 bits per heavy atom. The molecule has 6 heteroatoms. The number of hydrogen-bond donors (Lipinski definition) is 2. The van der Waals surface area contributed by atoms with Crippen LogP contribution in [-0.4, -0.2) is 22.9 Å². The van der Waals surface area contributed by atoms with Crippen molar-refractivity contribution in [2.75, 3.05) is 5.75 Å². The van der Waals surface area contributed by atoms with E-state index in [1.807, 2.05) is 12.1 Å². The first-order valence-electron chi connectivity index (χ1n) is 5.14. The highest BCUT2D eigenvalue weighted by Gasteiger charge is 2.28. The summed E-state index contributed by atoms with van der Waals surface area (Å²) >= 11 is 13.7. The third kappa shape index (κ3) is 2.88. The number of hydrogen-bond acceptors (Lipinski definition) is 3. The molecule has 0 bridgehead atoms. The zero-order chi connectivity index (χ0) is 12.4. The van der Waals surface area contributed by atoms with Crippen LogP contribution in [-0.2, 0) is 4.79 Å². The second-order valence-electron chi connectivity index (χ2n) is 3.74. The first-order chi connectivity index (χ1) is 8.09. The summed E-state index contributed by atoms with van der Waals surface area (Å²) in [6.45, 7) is 0. The summed E-state index contributed by atoms with van der Waals surface area (Å²) in [5.41, 5.74) is 0.843. The van der Waals surface area contributed by atoms with Crippen molar-refractivity contribution in [1.29, 1.82) is 0 Å². The number of halogens is 2. The molecule has 1 aliphatic heterocycles. The summed E-state index contributed by atoms with van der Waals surface area (Å²) in [4.78, 5) is 11.0. The van der Waals surface area contributed by atoms with Crippen molar-refractivity contribution >= 4 is 40.9 Å². The number of benzene rings is 1. The molecule has 0 aliphatic carbocycles. The molecule has 0 spiro atoms. The van der Waals surface area contributed by atoms with Gasteiger partial charge in [-0.2, -0.15) is 0 Å². The van der Waals surface area contributed by atoms with E-state index in [0.29, 0.717) is 16.5 Å². The fraction of sp³-hybridized carbons (Fsp3) is 0.364. The molecule has 1 saturated heterocycles. The topological polar surface area (TPSA) is 49.3 Å². The van der Waals surface area contributed by atoms with Gasteiger partial charge in [0.2, 0.25) is 0 Å². The van der Waals surface area contributed by atoms with Crippen molar-refractivity contribution in [1.82, 2.24) is 5.32 Å². The summed E-state index contributed by atoms with van der Waals surface area (Å²) in [6.07, 6.45) is 0.620. The van der Waals surface area contributed by atoms with Gasteiger partial charge in [-0.1, -0.05) is 35.3 Å². The van der Waals surface area contributed by atoms with Crippen LogP contribution in [0.3, 0.4) is 0 Å². The Kier molecular flexibility index (Phi) is 4.20. The van der Waals surface area contributed by atoms with Gasteiger partial charge in [-0.05, 0) is 23.8 Å². The van der Waals surface area contributed by atoms with E-state index in [2.05, 4.69) is 5.32 Å². The van der Waals surface area contributed by atoms with Crippen LogP contribution in [0.25, 0.3) is 0 Å². The van der Waals surface area contributed by atoms with Crippen molar-refractivity contribution in [3.8, 4) is 0 Å². The third-order valence-electron chi connectivity index (χ3n) is 2.61. The molecule has 0 saturated carbocycles. The Morgan fingerprint density at radius 1 is 1.47 bits per heavy atom. The molecule has 0 aromatic heterocycles. The van der Waals surface area contributed by atoms with Crippen LogP contribution in [0.5, 0.6) is 0 Å². The molecule has 92 valence electrons. The average molecular weight is 292 g/mol. The molecule has 1 aromatic rings. The minimum absolute atomic E-state index is 0.115. The quantitative estimate of drug-likeness (QED) is 0.879. The highest BCUT2D eigenvalue weighted by Crippen LogP contribution is 2.38. The first-order valence-corrected chi connectivity index (χ1v) is 6.94. The van der Waals surface area contributed by atoms with Gasteiger partial charge >= 0.3 is 5.97 Å². The van der Waals surface area contributed by atoms with Crippen LogP contribution in [0.2, 0.25) is 10.0 Å². The highest BCUT2D eigenvalue weighted by molar-refractivity contribution is 7.99. The summed E-state index contributed by atoms with van der Waals surface area (Å²) in [7, 11) is 0. The first kappa shape index (κ1) is 13.0. The number of aliphatic carboxylic acids is 1. The standard InChI is InChI=1S/C11H11Cl2NO2S/c12-7-3-1-2-6(9(7)13)10-14-8(11(15)16)4-5-17-10/h1-3,8,10,14H,4-5H2,(H,15,16). The fourth-order valence-electron chi connectivity index (χ4n) is 1.72. The molecule has 2 rings (SSSR count). The summed E-state index contributed by atoms with van der Waals surface area (Å²) in [6, 6.07) is 4.88. The van der Waals surface area contributed by atoms with Crippen LogP contribution in [0.4, 0.5) is 0 Å². The Labute approximate surface area is 113 Å². The lowest BCUT2D eigenvalue weighted by molar-refractivity contribution is -0.139. The lowest BCUT2D eigenvalue weighted by Gasteiger charge is -2.29. The second kappa shape index (κ2) is 5.48. The summed E-state index contributed by atoms with van der Waals surface area (Å²) in [5.74, 6) is -0.0363. The second-order valence-corrected chi connectivity index (χ2v) is 5.74. The van der Waals surface area contributed by atoms with E-state index in [4.69, 9.17) is 28.3 Å². The molecule has 1 fully saturated rings. The zero-order valence-corrected chi connectivity index (χ0v) is 11.1. The van der Waals surface area contributed by atoms with Crippen molar-refractivity contribution in [3.63, 3.8) is 0 Å². The van der Waals surface area contributed by atoms with E-state index in [-0.39, 0.29) is 5.37 Å². The zero-order valence-electron chi connectivity index (χ0n) is 8.82. The predicted molar refractivity (Wildman–Crippen MR) is 70.8 cm³/mol. The van der Waals surface area contributed by atoms with Gasteiger partial charge in [0.25, 0.3) is 0 Å². The maximum absolute atomic E-state index is 11.0. The number of carbonyl (C=O) groups is 1. The maximum atomic E-state index is 11.0. The summed E-state index contributed by atoms with van der Waals surface area (Å²) in [5, 5.41) is 12.9. The fourth-order valence-corrected chi connectivity index (χ4v) is 3.44. The molecular weight excluding hydrogens is 281 g/mol. The summed E-state index contributed by atoms with van der Waals surface area (Å²) < 4.78 is 0. The maximum Gasteiger partial charge on any atom is 0.320 e. The Bertz CT molecular complexity index is 441. The lowest BCUT2D eigenvalue weighted by Crippen LogP contribution is -2.41. The van der Waals surface area contributed by atoms with E-state index < -0.39 is 12.0 Å². The number of nitrogens with one attached hydrogen (secondary N) is 1. The molecule has 1 aromatic carbocycles. The van der Waals surface area contributed by atoms with Crippen molar-refractivity contribution in [3.05, 3.63) is 33.8 Å². The Balaban J connectivity index is 2.22. The Hall–Kier alpha value is -0.420. The smallest absolute Gasteiger partial charge is 0.320 e. The van der Waals surface area contributed by atoms with E-state index in [0.717, 1.165) is 11.3 Å². The van der Waals surface area contributed by atoms with Gasteiger partial charge in [-0.3, -0.25) is 10.1 Å². The molecule has 1 aliphatic rings. The minimum atomic E-state index is -0.826. The number of carboxylic acid groups (broad SMARTS) is 1. The van der Waals surface area contributed by atoms with Crippen LogP contribution in [0.15, 0.2) is 18.2 Å². The van der Waals surface area contributed by atoms with Gasteiger partial charge in [0.1, 0.15) is 6.04 Å². The van der Waals surface area contributed by atoms with E-state index >= 15 is 0 Å². The molecular formula is C11H11Cl2NO2S. The molecule has 0 amide bonds. The number of thioether (sulfide) groups is 1. The van der Waals surface area contributed by atoms with Gasteiger partial charge in [-0.25, -0.2) is 0 Å². The van der Waals surface area contributed by atoms with E-state index in [1.165, 1.54) is 0 Å². The molecule has 2 atom stereocenters. The SMILES string of the molecule is O=C(O)C1CCSC(c2cccc(Cl)c2Cl)N1. The third-order valence-corrected chi connectivity index (χ3v) is 4.63. The largest absolute Gasteiger partial charge is 0.480 e. The van der Waals surface area contributed by atoms with Crippen LogP contribution in [0, 0.1) is 0 Å². The molecule has 0 radical (unpaired) electrons. The van der Waals surface area contributed by atoms with Gasteiger partial charge in [0.15, 0.2) is 0 Å². The number of rotatable bonds is 2. The molecule has 17 heavy (non-hydrogen) atoms. The monoisotopic (exact) mass is 291 g/mol. The van der Waals surface area contributed by atoms with Crippen molar-refractivity contribution < 1.29 is 9.90 Å². The van der Waals surface area contributed by atoms with Crippen molar-refractivity contribution in [2.24, 2.45) is 0 Å². The average Bonchev–Trinajstić information content (AvgIpc) is 2.33. The van der Waals surface area contributed by atoms with Crippen LogP contribution >= 0.6 is 35.0 Å². The molecule has 2 unspecified atom stereocenters. The van der Waals surface area contributed by atoms with Gasteiger partial charge < -0.3 is 5.11 Å². The van der Waals surface area contributed by atoms with Crippen LogP contribution < -0.4 is 5.32 Å². The number of carboxylic acids is 1. The normalized spacial score (nSPS) is 24.6. The predicted octanol–water partition coefficient (Wildman–Crippen LogP) is 3.17. The van der Waals surface area contributed by atoms with Gasteiger partial charge in [0.05, 0.1) is 15.4 Å². The molecule has 3 nitrogen and oxygen atoms in total. The molecule has 1 heterocycles. The Morgan fingerprint density at radius 3 is 2.94 bits per heavy atom.